The van der Waals surface area contributed by atoms with Gasteiger partial charge in [-0.05, 0) is 25.7 Å². The average molecular weight is 316 g/mol. The van der Waals surface area contributed by atoms with E-state index in [-0.39, 0.29) is 11.9 Å². The van der Waals surface area contributed by atoms with E-state index >= 15 is 0 Å². The first kappa shape index (κ1) is 16.7. The summed E-state index contributed by atoms with van der Waals surface area (Å²) < 4.78 is 25.1. The maximum atomic E-state index is 12.5. The Morgan fingerprint density at radius 3 is 2.14 bits per heavy atom. The highest BCUT2D eigenvalue weighted by Gasteiger charge is 2.35. The largest absolute Gasteiger partial charge is 0.352 e. The molecular formula is C15H28N2O3S. The third-order valence-corrected chi connectivity index (χ3v) is 5.92. The summed E-state index contributed by atoms with van der Waals surface area (Å²) in [6.07, 6.45) is 11.8. The third kappa shape index (κ3) is 4.95. The van der Waals surface area contributed by atoms with Gasteiger partial charge in [0.05, 0.1) is 6.26 Å². The molecule has 0 aromatic carbocycles. The van der Waals surface area contributed by atoms with Gasteiger partial charge in [0, 0.05) is 12.6 Å². The summed E-state index contributed by atoms with van der Waals surface area (Å²) in [4.78, 5) is 12.5. The summed E-state index contributed by atoms with van der Waals surface area (Å²) >= 11 is 0. The van der Waals surface area contributed by atoms with Gasteiger partial charge in [-0.3, -0.25) is 4.79 Å². The van der Waals surface area contributed by atoms with Crippen molar-refractivity contribution in [2.75, 3.05) is 12.8 Å². The molecule has 1 aliphatic heterocycles. The van der Waals surface area contributed by atoms with Gasteiger partial charge >= 0.3 is 0 Å². The lowest BCUT2D eigenvalue weighted by molar-refractivity contribution is -0.126. The van der Waals surface area contributed by atoms with Gasteiger partial charge in [0.1, 0.15) is 6.04 Å². The van der Waals surface area contributed by atoms with Gasteiger partial charge in [-0.1, -0.05) is 38.5 Å². The fourth-order valence-electron chi connectivity index (χ4n) is 3.46. The first-order valence-electron chi connectivity index (χ1n) is 8.25. The van der Waals surface area contributed by atoms with Gasteiger partial charge in [0.15, 0.2) is 0 Å². The Kier molecular flexibility index (Phi) is 6.05. The molecule has 21 heavy (non-hydrogen) atoms. The van der Waals surface area contributed by atoms with Crippen molar-refractivity contribution in [3.63, 3.8) is 0 Å². The predicted molar refractivity (Wildman–Crippen MR) is 83.4 cm³/mol. The molecule has 0 bridgehead atoms. The van der Waals surface area contributed by atoms with E-state index in [1.807, 2.05) is 0 Å². The molecule has 122 valence electrons. The zero-order chi connectivity index (χ0) is 15.3. The number of nitrogens with zero attached hydrogens (tertiary/aromatic N) is 1. The van der Waals surface area contributed by atoms with Crippen LogP contribution in [-0.2, 0) is 14.8 Å². The number of sulfonamides is 1. The quantitative estimate of drug-likeness (QED) is 0.866. The number of hydrogen-bond donors (Lipinski definition) is 1. The summed E-state index contributed by atoms with van der Waals surface area (Å²) in [5.74, 6) is -0.0919. The Bertz CT molecular complexity index is 442. The van der Waals surface area contributed by atoms with Gasteiger partial charge in [0.25, 0.3) is 0 Å². The van der Waals surface area contributed by atoms with Gasteiger partial charge in [-0.15, -0.1) is 0 Å². The van der Waals surface area contributed by atoms with Crippen LogP contribution in [0.1, 0.15) is 64.2 Å². The monoisotopic (exact) mass is 316 g/mol. The van der Waals surface area contributed by atoms with Gasteiger partial charge in [-0.25, -0.2) is 8.42 Å². The highest BCUT2D eigenvalue weighted by atomic mass is 32.2. The Morgan fingerprint density at radius 1 is 0.952 bits per heavy atom. The third-order valence-electron chi connectivity index (χ3n) is 4.63. The lowest BCUT2D eigenvalue weighted by Crippen LogP contribution is -2.53. The summed E-state index contributed by atoms with van der Waals surface area (Å²) in [6.45, 7) is 0.474. The molecule has 0 unspecified atom stereocenters. The molecule has 6 heteroatoms. The number of nitrogens with one attached hydrogen (secondary N) is 1. The maximum absolute atomic E-state index is 12.5. The molecule has 1 saturated heterocycles. The molecule has 1 N–H and O–H groups in total. The van der Waals surface area contributed by atoms with Crippen LogP contribution in [0.4, 0.5) is 0 Å². The van der Waals surface area contributed by atoms with Crippen LogP contribution in [-0.4, -0.2) is 43.5 Å². The highest BCUT2D eigenvalue weighted by Crippen LogP contribution is 2.22. The minimum Gasteiger partial charge on any atom is -0.352 e. The fourth-order valence-corrected chi connectivity index (χ4v) is 4.59. The number of carbonyl (C=O) groups excluding carboxylic acids is 1. The van der Waals surface area contributed by atoms with E-state index in [0.29, 0.717) is 13.0 Å². The lowest BCUT2D eigenvalue weighted by Gasteiger charge is -2.34. The van der Waals surface area contributed by atoms with Crippen LogP contribution < -0.4 is 5.32 Å². The average Bonchev–Trinajstić information content (AvgIpc) is 2.40. The van der Waals surface area contributed by atoms with Gasteiger partial charge < -0.3 is 5.32 Å². The minimum atomic E-state index is -3.30. The topological polar surface area (TPSA) is 66.5 Å². The van der Waals surface area contributed by atoms with Crippen molar-refractivity contribution in [2.24, 2.45) is 0 Å². The summed E-state index contributed by atoms with van der Waals surface area (Å²) in [6, 6.07) is -0.277. The maximum Gasteiger partial charge on any atom is 0.238 e. The second-order valence-electron chi connectivity index (χ2n) is 6.44. The van der Waals surface area contributed by atoms with E-state index in [0.717, 1.165) is 38.5 Å². The van der Waals surface area contributed by atoms with Crippen LogP contribution in [0.15, 0.2) is 0 Å². The molecule has 0 aromatic heterocycles. The van der Waals surface area contributed by atoms with Crippen molar-refractivity contribution >= 4 is 15.9 Å². The summed E-state index contributed by atoms with van der Waals surface area (Å²) in [7, 11) is -3.30. The van der Waals surface area contributed by atoms with Crippen LogP contribution in [0.25, 0.3) is 0 Å². The molecule has 1 aliphatic carbocycles. The van der Waals surface area contributed by atoms with E-state index in [4.69, 9.17) is 0 Å². The minimum absolute atomic E-state index is 0.0919. The molecule has 2 aliphatic rings. The summed E-state index contributed by atoms with van der Waals surface area (Å²) in [5.41, 5.74) is 0. The Balaban J connectivity index is 1.96. The van der Waals surface area contributed by atoms with Crippen LogP contribution in [0.2, 0.25) is 0 Å². The Hall–Kier alpha value is -0.620. The number of piperidine rings is 1. The SMILES string of the molecule is CS(=O)(=O)N1CCCC[C@H]1C(=O)NC1CCCCCCC1. The van der Waals surface area contributed by atoms with Crippen molar-refractivity contribution in [2.45, 2.75) is 76.3 Å². The number of hydrogen-bond acceptors (Lipinski definition) is 3. The van der Waals surface area contributed by atoms with Crippen molar-refractivity contribution in [1.82, 2.24) is 9.62 Å². The van der Waals surface area contributed by atoms with E-state index in [1.54, 1.807) is 0 Å². The second kappa shape index (κ2) is 7.58. The highest BCUT2D eigenvalue weighted by molar-refractivity contribution is 7.88. The molecule has 5 nitrogen and oxygen atoms in total. The summed E-state index contributed by atoms with van der Waals surface area (Å²) in [5, 5.41) is 3.11. The van der Waals surface area contributed by atoms with Crippen molar-refractivity contribution in [3.8, 4) is 0 Å². The van der Waals surface area contributed by atoms with Crippen molar-refractivity contribution in [3.05, 3.63) is 0 Å². The standard InChI is InChI=1S/C15H28N2O3S/c1-21(19,20)17-12-8-7-11-14(17)15(18)16-13-9-5-3-2-4-6-10-13/h13-14H,2-12H2,1H3,(H,16,18)/t14-/m0/s1. The molecule has 2 rings (SSSR count). The molecule has 1 atom stereocenters. The molecule has 0 aromatic rings. The van der Waals surface area contributed by atoms with Crippen LogP contribution >= 0.6 is 0 Å². The first-order valence-corrected chi connectivity index (χ1v) is 10.1. The van der Waals surface area contributed by atoms with Crippen molar-refractivity contribution in [1.29, 1.82) is 0 Å². The number of rotatable bonds is 3. The molecule has 2 fully saturated rings. The zero-order valence-corrected chi connectivity index (χ0v) is 13.8. The van der Waals surface area contributed by atoms with Crippen LogP contribution in [0, 0.1) is 0 Å². The Labute approximate surface area is 128 Å². The number of amides is 1. The zero-order valence-electron chi connectivity index (χ0n) is 13.0. The van der Waals surface area contributed by atoms with E-state index in [9.17, 15) is 13.2 Å². The Morgan fingerprint density at radius 2 is 1.52 bits per heavy atom. The lowest BCUT2D eigenvalue weighted by atomic mass is 9.96. The molecule has 1 saturated carbocycles. The van der Waals surface area contributed by atoms with Crippen LogP contribution in [0.5, 0.6) is 0 Å². The van der Waals surface area contributed by atoms with E-state index < -0.39 is 16.1 Å². The van der Waals surface area contributed by atoms with E-state index in [2.05, 4.69) is 5.32 Å². The van der Waals surface area contributed by atoms with Gasteiger partial charge in [-0.2, -0.15) is 4.31 Å². The van der Waals surface area contributed by atoms with Crippen LogP contribution in [0.3, 0.4) is 0 Å². The molecule has 1 heterocycles. The number of carbonyl (C=O) groups is 1. The normalized spacial score (nSPS) is 26.8. The van der Waals surface area contributed by atoms with E-state index in [1.165, 1.54) is 29.8 Å². The van der Waals surface area contributed by atoms with Crippen molar-refractivity contribution < 1.29 is 13.2 Å². The predicted octanol–water partition coefficient (Wildman–Crippen LogP) is 2.03. The molecule has 0 radical (unpaired) electrons. The first-order chi connectivity index (χ1) is 9.98. The molecule has 0 spiro atoms. The fraction of sp³-hybridized carbons (Fsp3) is 0.933. The molecule has 1 amide bonds. The van der Waals surface area contributed by atoms with Gasteiger partial charge in [0.2, 0.25) is 15.9 Å². The molecular weight excluding hydrogens is 288 g/mol. The smallest absolute Gasteiger partial charge is 0.238 e. The second-order valence-corrected chi connectivity index (χ2v) is 8.37.